The van der Waals surface area contributed by atoms with Gasteiger partial charge in [0.1, 0.15) is 0 Å². The lowest BCUT2D eigenvalue weighted by atomic mass is 9.91. The van der Waals surface area contributed by atoms with E-state index in [4.69, 9.17) is 0 Å². The zero-order chi connectivity index (χ0) is 8.23. The van der Waals surface area contributed by atoms with Crippen molar-refractivity contribution in [3.05, 3.63) is 36.5 Å². The van der Waals surface area contributed by atoms with E-state index in [0.717, 1.165) is 5.92 Å². The third-order valence-electron chi connectivity index (χ3n) is 2.64. The summed E-state index contributed by atoms with van der Waals surface area (Å²) in [5.74, 6) is 1.47. The van der Waals surface area contributed by atoms with Crippen LogP contribution >= 0.6 is 0 Å². The van der Waals surface area contributed by atoms with E-state index in [1.807, 2.05) is 0 Å². The van der Waals surface area contributed by atoms with Crippen molar-refractivity contribution in [1.29, 1.82) is 0 Å². The Kier molecular flexibility index (Phi) is 2.42. The average molecular weight is 161 g/mol. The van der Waals surface area contributed by atoms with Gasteiger partial charge in [0.05, 0.1) is 0 Å². The fourth-order valence-corrected chi connectivity index (χ4v) is 1.90. The molecule has 0 aromatic rings. The predicted octanol–water partition coefficient (Wildman–Crippen LogP) is 1.89. The number of nitrogens with one attached hydrogen (secondary N) is 1. The molecule has 64 valence electrons. The van der Waals surface area contributed by atoms with E-state index in [1.54, 1.807) is 0 Å². The highest BCUT2D eigenvalue weighted by Gasteiger charge is 2.20. The van der Waals surface area contributed by atoms with E-state index in [2.05, 4.69) is 41.8 Å². The van der Waals surface area contributed by atoms with E-state index in [0.29, 0.717) is 5.92 Å². The molecule has 1 atom stereocenters. The van der Waals surface area contributed by atoms with Crippen LogP contribution in [0.5, 0.6) is 0 Å². The smallest absolute Gasteiger partial charge is 0.000638 e. The van der Waals surface area contributed by atoms with Crippen molar-refractivity contribution in [1.82, 2.24) is 5.32 Å². The second-order valence-electron chi connectivity index (χ2n) is 3.48. The summed E-state index contributed by atoms with van der Waals surface area (Å²) in [6.07, 6.45) is 14.4. The lowest BCUT2D eigenvalue weighted by Gasteiger charge is -2.14. The molecule has 0 bridgehead atoms. The molecule has 0 aromatic heterocycles. The molecule has 1 heteroatoms. The molecule has 0 aromatic carbocycles. The van der Waals surface area contributed by atoms with Crippen molar-refractivity contribution >= 4 is 0 Å². The van der Waals surface area contributed by atoms with Crippen LogP contribution in [0.4, 0.5) is 0 Å². The van der Waals surface area contributed by atoms with Gasteiger partial charge in [-0.25, -0.2) is 0 Å². The first-order valence-corrected chi connectivity index (χ1v) is 4.69. The van der Waals surface area contributed by atoms with Gasteiger partial charge in [-0.2, -0.15) is 0 Å². The van der Waals surface area contributed by atoms with Crippen molar-refractivity contribution in [2.24, 2.45) is 11.8 Å². The summed E-state index contributed by atoms with van der Waals surface area (Å²) in [5, 5.41) is 3.40. The molecule has 12 heavy (non-hydrogen) atoms. The Morgan fingerprint density at radius 3 is 2.33 bits per heavy atom. The molecule has 1 N–H and O–H groups in total. The molecule has 1 saturated heterocycles. The van der Waals surface area contributed by atoms with Crippen LogP contribution in [-0.2, 0) is 0 Å². The summed E-state index contributed by atoms with van der Waals surface area (Å²) in [6, 6.07) is 0. The zero-order valence-corrected chi connectivity index (χ0v) is 7.24. The van der Waals surface area contributed by atoms with Crippen LogP contribution < -0.4 is 5.32 Å². The first-order valence-electron chi connectivity index (χ1n) is 4.69. The van der Waals surface area contributed by atoms with Gasteiger partial charge in [-0.15, -0.1) is 0 Å². The molecule has 0 spiro atoms. The van der Waals surface area contributed by atoms with E-state index in [9.17, 15) is 0 Å². The molecule has 1 nitrogen and oxygen atoms in total. The van der Waals surface area contributed by atoms with Crippen LogP contribution in [0.3, 0.4) is 0 Å². The topological polar surface area (TPSA) is 12.0 Å². The van der Waals surface area contributed by atoms with Crippen molar-refractivity contribution in [3.63, 3.8) is 0 Å². The van der Waals surface area contributed by atoms with Gasteiger partial charge in [0.2, 0.25) is 0 Å². The maximum absolute atomic E-state index is 3.40. The highest BCUT2D eigenvalue weighted by Crippen LogP contribution is 2.22. The summed E-state index contributed by atoms with van der Waals surface area (Å²) < 4.78 is 0. The van der Waals surface area contributed by atoms with Gasteiger partial charge in [0, 0.05) is 0 Å². The van der Waals surface area contributed by atoms with Gasteiger partial charge in [-0.1, -0.05) is 36.5 Å². The van der Waals surface area contributed by atoms with E-state index >= 15 is 0 Å². The first-order chi connectivity index (χ1) is 5.97. The minimum atomic E-state index is 0.648. The Labute approximate surface area is 73.9 Å². The summed E-state index contributed by atoms with van der Waals surface area (Å²) in [5.41, 5.74) is 0. The van der Waals surface area contributed by atoms with E-state index in [-0.39, 0.29) is 0 Å². The molecule has 2 aliphatic rings. The predicted molar refractivity (Wildman–Crippen MR) is 51.9 cm³/mol. The van der Waals surface area contributed by atoms with Crippen LogP contribution in [0.25, 0.3) is 0 Å². The number of hydrogen-bond acceptors (Lipinski definition) is 1. The zero-order valence-electron chi connectivity index (χ0n) is 7.24. The van der Waals surface area contributed by atoms with Crippen molar-refractivity contribution in [3.8, 4) is 0 Å². The second kappa shape index (κ2) is 3.72. The SMILES string of the molecule is C1=CC=CC(C2CCNC2)C=C1. The molecular formula is C11H15N. The van der Waals surface area contributed by atoms with E-state index < -0.39 is 0 Å². The Morgan fingerprint density at radius 1 is 1.00 bits per heavy atom. The molecule has 0 amide bonds. The van der Waals surface area contributed by atoms with Gasteiger partial charge in [-0.3, -0.25) is 0 Å². The molecule has 2 rings (SSSR count). The Morgan fingerprint density at radius 2 is 1.75 bits per heavy atom. The standard InChI is InChI=1S/C11H15N/c1-2-4-6-10(5-3-1)11-7-8-12-9-11/h1-6,10-12H,7-9H2. The molecule has 1 fully saturated rings. The highest BCUT2D eigenvalue weighted by molar-refractivity contribution is 5.20. The third kappa shape index (κ3) is 1.67. The molecule has 1 aliphatic carbocycles. The Hall–Kier alpha value is -0.820. The monoisotopic (exact) mass is 161 g/mol. The van der Waals surface area contributed by atoms with Crippen LogP contribution in [-0.4, -0.2) is 13.1 Å². The van der Waals surface area contributed by atoms with Gasteiger partial charge >= 0.3 is 0 Å². The minimum Gasteiger partial charge on any atom is -0.316 e. The quantitative estimate of drug-likeness (QED) is 0.619. The van der Waals surface area contributed by atoms with Crippen molar-refractivity contribution < 1.29 is 0 Å². The molecule has 1 heterocycles. The van der Waals surface area contributed by atoms with Crippen molar-refractivity contribution in [2.45, 2.75) is 6.42 Å². The normalized spacial score (nSPS) is 29.5. The largest absolute Gasteiger partial charge is 0.316 e. The van der Waals surface area contributed by atoms with Gasteiger partial charge < -0.3 is 5.32 Å². The molecule has 1 unspecified atom stereocenters. The lowest BCUT2D eigenvalue weighted by molar-refractivity contribution is 0.499. The van der Waals surface area contributed by atoms with Crippen LogP contribution in [0.15, 0.2) is 36.5 Å². The Bertz CT molecular complexity index is 203. The average Bonchev–Trinajstić information content (AvgIpc) is 2.48. The summed E-state index contributed by atoms with van der Waals surface area (Å²) in [6.45, 7) is 2.37. The highest BCUT2D eigenvalue weighted by atomic mass is 14.9. The summed E-state index contributed by atoms with van der Waals surface area (Å²) in [7, 11) is 0. The number of rotatable bonds is 1. The number of allylic oxidation sites excluding steroid dienone is 6. The maximum Gasteiger partial charge on any atom is -0.000638 e. The second-order valence-corrected chi connectivity index (χ2v) is 3.48. The molecule has 0 radical (unpaired) electrons. The lowest BCUT2D eigenvalue weighted by Crippen LogP contribution is -2.14. The third-order valence-corrected chi connectivity index (χ3v) is 2.64. The minimum absolute atomic E-state index is 0.648. The molecular weight excluding hydrogens is 146 g/mol. The van der Waals surface area contributed by atoms with E-state index in [1.165, 1.54) is 19.5 Å². The maximum atomic E-state index is 3.40. The molecule has 0 saturated carbocycles. The first kappa shape index (κ1) is 7.81. The Balaban J connectivity index is 2.02. The van der Waals surface area contributed by atoms with Crippen molar-refractivity contribution in [2.75, 3.05) is 13.1 Å². The fourth-order valence-electron chi connectivity index (χ4n) is 1.90. The van der Waals surface area contributed by atoms with Crippen LogP contribution in [0, 0.1) is 11.8 Å². The van der Waals surface area contributed by atoms with Crippen LogP contribution in [0.1, 0.15) is 6.42 Å². The van der Waals surface area contributed by atoms with Gasteiger partial charge in [-0.05, 0) is 31.3 Å². The number of hydrogen-bond donors (Lipinski definition) is 1. The fraction of sp³-hybridized carbons (Fsp3) is 0.455. The van der Waals surface area contributed by atoms with Gasteiger partial charge in [0.25, 0.3) is 0 Å². The summed E-state index contributed by atoms with van der Waals surface area (Å²) >= 11 is 0. The van der Waals surface area contributed by atoms with Gasteiger partial charge in [0.15, 0.2) is 0 Å². The van der Waals surface area contributed by atoms with Crippen LogP contribution in [0.2, 0.25) is 0 Å². The summed E-state index contributed by atoms with van der Waals surface area (Å²) in [4.78, 5) is 0. The molecule has 1 aliphatic heterocycles.